The van der Waals surface area contributed by atoms with Crippen molar-refractivity contribution in [1.82, 2.24) is 19.4 Å². The van der Waals surface area contributed by atoms with E-state index < -0.39 is 0 Å². The van der Waals surface area contributed by atoms with Gasteiger partial charge in [-0.15, -0.1) is 0 Å². The van der Waals surface area contributed by atoms with Gasteiger partial charge in [-0.2, -0.15) is 0 Å². The van der Waals surface area contributed by atoms with Crippen LogP contribution in [-0.4, -0.2) is 51.4 Å². The lowest BCUT2D eigenvalue weighted by atomic mass is 9.96. The van der Waals surface area contributed by atoms with E-state index in [1.807, 2.05) is 29.4 Å². The van der Waals surface area contributed by atoms with Crippen LogP contribution >= 0.6 is 0 Å². The summed E-state index contributed by atoms with van der Waals surface area (Å²) in [7, 11) is 0. The Kier molecular flexibility index (Phi) is 5.34. The number of furan rings is 1. The maximum absolute atomic E-state index is 13.0. The maximum atomic E-state index is 13.0. The van der Waals surface area contributed by atoms with E-state index in [2.05, 4.69) is 28.3 Å². The molecule has 0 bridgehead atoms. The van der Waals surface area contributed by atoms with Crippen molar-refractivity contribution in [3.63, 3.8) is 0 Å². The van der Waals surface area contributed by atoms with Crippen LogP contribution in [-0.2, 0) is 6.54 Å². The number of hydrogen-bond donors (Lipinski definition) is 0. The first-order valence-corrected chi connectivity index (χ1v) is 10.2. The van der Waals surface area contributed by atoms with Gasteiger partial charge in [-0.25, -0.2) is 4.98 Å². The first-order valence-electron chi connectivity index (χ1n) is 10.2. The fraction of sp³-hybridized carbons (Fsp3) is 0.619. The van der Waals surface area contributed by atoms with E-state index in [1.165, 1.54) is 12.8 Å². The molecule has 27 heavy (non-hydrogen) atoms. The Morgan fingerprint density at radius 1 is 1.22 bits per heavy atom. The molecule has 0 aromatic carbocycles. The lowest BCUT2D eigenvalue weighted by Crippen LogP contribution is -2.39. The molecule has 0 radical (unpaired) electrons. The number of amides is 1. The third-order valence-corrected chi connectivity index (χ3v) is 5.78. The summed E-state index contributed by atoms with van der Waals surface area (Å²) < 4.78 is 8.12. The van der Waals surface area contributed by atoms with Crippen LogP contribution in [0.15, 0.2) is 28.9 Å². The Labute approximate surface area is 161 Å². The van der Waals surface area contributed by atoms with Crippen molar-refractivity contribution in [3.8, 4) is 0 Å². The zero-order valence-electron chi connectivity index (χ0n) is 16.4. The summed E-state index contributed by atoms with van der Waals surface area (Å²) in [5, 5.41) is 0. The van der Waals surface area contributed by atoms with Crippen LogP contribution in [0.1, 0.15) is 73.6 Å². The largest absolute Gasteiger partial charge is 0.455 e. The second-order valence-corrected chi connectivity index (χ2v) is 8.13. The number of rotatable bonds is 5. The molecule has 2 saturated heterocycles. The fourth-order valence-corrected chi connectivity index (χ4v) is 4.34. The number of carbonyl (C=O) groups excluding carboxylic acids is 1. The van der Waals surface area contributed by atoms with Gasteiger partial charge in [-0.05, 0) is 64.8 Å². The zero-order valence-corrected chi connectivity index (χ0v) is 16.4. The molecule has 2 aromatic rings. The summed E-state index contributed by atoms with van der Waals surface area (Å²) in [6.45, 7) is 8.90. The zero-order chi connectivity index (χ0) is 18.8. The Hall–Kier alpha value is -2.08. The minimum absolute atomic E-state index is 0.00928. The molecule has 2 aliphatic heterocycles. The molecule has 1 atom stereocenters. The van der Waals surface area contributed by atoms with Crippen molar-refractivity contribution in [2.24, 2.45) is 0 Å². The van der Waals surface area contributed by atoms with E-state index in [-0.39, 0.29) is 5.91 Å². The van der Waals surface area contributed by atoms with Crippen LogP contribution in [0.4, 0.5) is 0 Å². The van der Waals surface area contributed by atoms with E-state index in [1.54, 1.807) is 0 Å². The molecule has 6 nitrogen and oxygen atoms in total. The van der Waals surface area contributed by atoms with E-state index in [9.17, 15) is 4.79 Å². The molecule has 6 heteroatoms. The van der Waals surface area contributed by atoms with Crippen molar-refractivity contribution in [3.05, 3.63) is 41.9 Å². The molecule has 1 amide bonds. The topological polar surface area (TPSA) is 54.5 Å². The van der Waals surface area contributed by atoms with Gasteiger partial charge in [0.15, 0.2) is 5.76 Å². The van der Waals surface area contributed by atoms with E-state index in [4.69, 9.17) is 4.42 Å². The lowest BCUT2D eigenvalue weighted by molar-refractivity contribution is 0.0667. The second kappa shape index (κ2) is 7.89. The average Bonchev–Trinajstić information content (AvgIpc) is 3.43. The monoisotopic (exact) mass is 370 g/mol. The van der Waals surface area contributed by atoms with Gasteiger partial charge in [0, 0.05) is 37.4 Å². The van der Waals surface area contributed by atoms with Crippen molar-refractivity contribution in [2.45, 2.75) is 58.0 Å². The molecule has 4 rings (SSSR count). The van der Waals surface area contributed by atoms with Gasteiger partial charge in [0.25, 0.3) is 5.91 Å². The minimum Gasteiger partial charge on any atom is -0.455 e. The van der Waals surface area contributed by atoms with Gasteiger partial charge in [-0.3, -0.25) is 9.69 Å². The molecule has 2 fully saturated rings. The summed E-state index contributed by atoms with van der Waals surface area (Å²) in [5.41, 5.74) is 0. The molecular formula is C21H30N4O2. The van der Waals surface area contributed by atoms with Gasteiger partial charge in [0.2, 0.25) is 0 Å². The number of piperidine rings is 1. The number of aromatic nitrogens is 2. The maximum Gasteiger partial charge on any atom is 0.289 e. The van der Waals surface area contributed by atoms with Crippen LogP contribution in [0, 0.1) is 0 Å². The summed E-state index contributed by atoms with van der Waals surface area (Å²) in [4.78, 5) is 21.9. The number of likely N-dealkylation sites (tertiary alicyclic amines) is 2. The summed E-state index contributed by atoms with van der Waals surface area (Å²) in [5.74, 6) is 2.76. The summed E-state index contributed by atoms with van der Waals surface area (Å²) in [6.07, 6.45) is 8.50. The molecule has 0 aliphatic carbocycles. The van der Waals surface area contributed by atoms with Crippen LogP contribution in [0.25, 0.3) is 0 Å². The summed E-state index contributed by atoms with van der Waals surface area (Å²) in [6, 6.07) is 4.18. The Bertz CT molecular complexity index is 773. The lowest BCUT2D eigenvalue weighted by Gasteiger charge is -2.32. The smallest absolute Gasteiger partial charge is 0.289 e. The Balaban J connectivity index is 1.42. The molecular weight excluding hydrogens is 340 g/mol. The third kappa shape index (κ3) is 3.95. The number of imidazole rings is 1. The number of carbonyl (C=O) groups is 1. The van der Waals surface area contributed by atoms with E-state index in [0.29, 0.717) is 24.3 Å². The quantitative estimate of drug-likeness (QED) is 0.806. The molecule has 0 N–H and O–H groups in total. The van der Waals surface area contributed by atoms with Gasteiger partial charge in [0.05, 0.1) is 6.54 Å². The van der Waals surface area contributed by atoms with Crippen molar-refractivity contribution in [1.29, 1.82) is 0 Å². The van der Waals surface area contributed by atoms with Gasteiger partial charge < -0.3 is 13.9 Å². The minimum atomic E-state index is 0.00928. The molecule has 4 heterocycles. The highest BCUT2D eigenvalue weighted by atomic mass is 16.4. The molecule has 2 aromatic heterocycles. The normalized spacial score (nSPS) is 21.3. The Morgan fingerprint density at radius 3 is 2.81 bits per heavy atom. The fourth-order valence-electron chi connectivity index (χ4n) is 4.34. The predicted octanol–water partition coefficient (Wildman–Crippen LogP) is 3.67. The van der Waals surface area contributed by atoms with Crippen LogP contribution in [0.5, 0.6) is 0 Å². The highest BCUT2D eigenvalue weighted by molar-refractivity contribution is 5.91. The van der Waals surface area contributed by atoms with E-state index >= 15 is 0 Å². The average molecular weight is 370 g/mol. The standard InChI is InChI=1S/C21H30N4O2/c1-16(2)25-13-9-22-20(25)17-6-5-12-24(14-17)21(26)19-8-7-18(27-19)15-23-10-3-4-11-23/h7-9,13,16-17H,3-6,10-12,14-15H2,1-2H3/t17-/m0/s1. The second-order valence-electron chi connectivity index (χ2n) is 8.13. The van der Waals surface area contributed by atoms with Crippen LogP contribution < -0.4 is 0 Å². The van der Waals surface area contributed by atoms with Crippen molar-refractivity contribution in [2.75, 3.05) is 26.2 Å². The predicted molar refractivity (Wildman–Crippen MR) is 104 cm³/mol. The molecule has 0 saturated carbocycles. The SMILES string of the molecule is CC(C)n1ccnc1[C@H]1CCCN(C(=O)c2ccc(CN3CCCC3)o2)C1. The third-order valence-electron chi connectivity index (χ3n) is 5.78. The van der Waals surface area contributed by atoms with Gasteiger partial charge >= 0.3 is 0 Å². The molecule has 0 spiro atoms. The highest BCUT2D eigenvalue weighted by Crippen LogP contribution is 2.28. The Morgan fingerprint density at radius 2 is 2.04 bits per heavy atom. The van der Waals surface area contributed by atoms with E-state index in [0.717, 1.165) is 50.6 Å². The molecule has 0 unspecified atom stereocenters. The summed E-state index contributed by atoms with van der Waals surface area (Å²) >= 11 is 0. The number of nitrogens with zero attached hydrogens (tertiary/aromatic N) is 4. The molecule has 2 aliphatic rings. The number of hydrogen-bond acceptors (Lipinski definition) is 4. The van der Waals surface area contributed by atoms with Crippen LogP contribution in [0.2, 0.25) is 0 Å². The first-order chi connectivity index (χ1) is 13.1. The van der Waals surface area contributed by atoms with Gasteiger partial charge in [0.1, 0.15) is 11.6 Å². The van der Waals surface area contributed by atoms with Crippen molar-refractivity contribution < 1.29 is 9.21 Å². The van der Waals surface area contributed by atoms with Crippen molar-refractivity contribution >= 4 is 5.91 Å². The first kappa shape index (κ1) is 18.3. The van der Waals surface area contributed by atoms with Crippen LogP contribution in [0.3, 0.4) is 0 Å². The molecule has 146 valence electrons. The van der Waals surface area contributed by atoms with Gasteiger partial charge in [-0.1, -0.05) is 0 Å². The highest BCUT2D eigenvalue weighted by Gasteiger charge is 2.29.